The number of hydrogen-bond acceptors (Lipinski definition) is 5. The summed E-state index contributed by atoms with van der Waals surface area (Å²) in [4.78, 5) is 11.5. The van der Waals surface area contributed by atoms with Crippen LogP contribution < -0.4 is 4.72 Å². The van der Waals surface area contributed by atoms with Gasteiger partial charge in [0.25, 0.3) is 0 Å². The van der Waals surface area contributed by atoms with Crippen molar-refractivity contribution in [3.63, 3.8) is 0 Å². The number of nitrogens with one attached hydrogen (secondary N) is 1. The maximum absolute atomic E-state index is 12.8. The standard InChI is InChI=1S/C15H14F3NO4S2/c1-23-14(20)9-12(13-6-3-7-24-13)19-25(21,22)11-5-2-4-10(8-11)15(16,17)18/h2-8,12,19H,9H2,1H3/t12-/m1/s1. The van der Waals surface area contributed by atoms with E-state index in [1.165, 1.54) is 11.3 Å². The molecule has 0 fully saturated rings. The summed E-state index contributed by atoms with van der Waals surface area (Å²) in [7, 11) is -3.11. The van der Waals surface area contributed by atoms with E-state index in [4.69, 9.17) is 0 Å². The smallest absolute Gasteiger partial charge is 0.416 e. The lowest BCUT2D eigenvalue weighted by Gasteiger charge is -2.17. The Morgan fingerprint density at radius 2 is 2.00 bits per heavy atom. The first kappa shape index (κ1) is 19.4. The number of ether oxygens (including phenoxy) is 1. The second-order valence-corrected chi connectivity index (χ2v) is 7.69. The lowest BCUT2D eigenvalue weighted by Crippen LogP contribution is -2.30. The Bertz CT molecular complexity index is 833. The van der Waals surface area contributed by atoms with Crippen LogP contribution in [0.1, 0.15) is 22.9 Å². The summed E-state index contributed by atoms with van der Waals surface area (Å²) < 4.78 is 70.1. The summed E-state index contributed by atoms with van der Waals surface area (Å²) >= 11 is 1.21. The number of carbonyl (C=O) groups is 1. The van der Waals surface area contributed by atoms with Crippen LogP contribution in [0.2, 0.25) is 0 Å². The first-order chi connectivity index (χ1) is 11.6. The van der Waals surface area contributed by atoms with E-state index in [1.54, 1.807) is 17.5 Å². The minimum atomic E-state index is -4.66. The van der Waals surface area contributed by atoms with Crippen molar-refractivity contribution in [3.8, 4) is 0 Å². The Kier molecular flexibility index (Phi) is 5.86. The van der Waals surface area contributed by atoms with Crippen LogP contribution in [0.25, 0.3) is 0 Å². The van der Waals surface area contributed by atoms with E-state index in [0.717, 1.165) is 25.3 Å². The van der Waals surface area contributed by atoms with Crippen molar-refractivity contribution in [1.82, 2.24) is 4.72 Å². The van der Waals surface area contributed by atoms with Crippen LogP contribution in [0.15, 0.2) is 46.7 Å². The third-order valence-electron chi connectivity index (χ3n) is 3.25. The highest BCUT2D eigenvalue weighted by atomic mass is 32.2. The van der Waals surface area contributed by atoms with Crippen molar-refractivity contribution in [1.29, 1.82) is 0 Å². The van der Waals surface area contributed by atoms with Crippen molar-refractivity contribution in [2.75, 3.05) is 7.11 Å². The molecule has 1 N–H and O–H groups in total. The van der Waals surface area contributed by atoms with Gasteiger partial charge in [0.05, 0.1) is 30.0 Å². The number of rotatable bonds is 6. The van der Waals surface area contributed by atoms with Crippen LogP contribution >= 0.6 is 11.3 Å². The quantitative estimate of drug-likeness (QED) is 0.764. The van der Waals surface area contributed by atoms with Crippen LogP contribution in [0.4, 0.5) is 13.2 Å². The fourth-order valence-corrected chi connectivity index (χ4v) is 4.15. The van der Waals surface area contributed by atoms with Crippen molar-refractivity contribution in [3.05, 3.63) is 52.2 Å². The molecule has 136 valence electrons. The van der Waals surface area contributed by atoms with Gasteiger partial charge in [0.2, 0.25) is 10.0 Å². The van der Waals surface area contributed by atoms with E-state index in [2.05, 4.69) is 9.46 Å². The van der Waals surface area contributed by atoms with Crippen LogP contribution in [-0.4, -0.2) is 21.5 Å². The molecule has 0 saturated heterocycles. The molecule has 0 saturated carbocycles. The van der Waals surface area contributed by atoms with E-state index in [-0.39, 0.29) is 6.42 Å². The van der Waals surface area contributed by atoms with E-state index in [0.29, 0.717) is 10.9 Å². The maximum Gasteiger partial charge on any atom is 0.416 e. The molecular formula is C15H14F3NO4S2. The van der Waals surface area contributed by atoms with E-state index < -0.39 is 38.7 Å². The van der Waals surface area contributed by atoms with Gasteiger partial charge in [0.15, 0.2) is 0 Å². The zero-order valence-electron chi connectivity index (χ0n) is 12.9. The lowest BCUT2D eigenvalue weighted by atomic mass is 10.2. The molecule has 0 aliphatic rings. The zero-order valence-corrected chi connectivity index (χ0v) is 14.5. The van der Waals surface area contributed by atoms with Crippen molar-refractivity contribution < 1.29 is 31.1 Å². The van der Waals surface area contributed by atoms with E-state index in [1.807, 2.05) is 0 Å². The second-order valence-electron chi connectivity index (χ2n) is 5.00. The SMILES string of the molecule is COC(=O)C[C@@H](NS(=O)(=O)c1cccc(C(F)(F)F)c1)c1cccs1. The Labute approximate surface area is 146 Å². The van der Waals surface area contributed by atoms with Gasteiger partial charge in [0.1, 0.15) is 0 Å². The zero-order chi connectivity index (χ0) is 18.7. The molecule has 0 unspecified atom stereocenters. The Hall–Kier alpha value is -1.91. The Balaban J connectivity index is 2.33. The number of benzene rings is 1. The minimum Gasteiger partial charge on any atom is -0.469 e. The molecule has 0 amide bonds. The summed E-state index contributed by atoms with van der Waals surface area (Å²) in [5.74, 6) is -0.648. The molecule has 1 aromatic heterocycles. The molecule has 0 radical (unpaired) electrons. The average Bonchev–Trinajstić information content (AvgIpc) is 3.07. The van der Waals surface area contributed by atoms with Gasteiger partial charge in [0, 0.05) is 4.88 Å². The van der Waals surface area contributed by atoms with Crippen molar-refractivity contribution >= 4 is 27.3 Å². The van der Waals surface area contributed by atoms with Gasteiger partial charge < -0.3 is 4.74 Å². The molecular weight excluding hydrogens is 379 g/mol. The summed E-state index contributed by atoms with van der Waals surface area (Å²) in [6.07, 6.45) is -4.94. The van der Waals surface area contributed by atoms with Crippen molar-refractivity contribution in [2.24, 2.45) is 0 Å². The molecule has 2 aromatic rings. The van der Waals surface area contributed by atoms with Crippen molar-refractivity contribution in [2.45, 2.75) is 23.5 Å². The number of hydrogen-bond donors (Lipinski definition) is 1. The van der Waals surface area contributed by atoms with Gasteiger partial charge in [-0.2, -0.15) is 13.2 Å². The third-order valence-corrected chi connectivity index (χ3v) is 5.71. The number of halogens is 3. The molecule has 0 spiro atoms. The van der Waals surface area contributed by atoms with Gasteiger partial charge in [-0.05, 0) is 29.6 Å². The van der Waals surface area contributed by atoms with Gasteiger partial charge in [-0.25, -0.2) is 13.1 Å². The molecule has 2 rings (SSSR count). The first-order valence-electron chi connectivity index (χ1n) is 6.93. The summed E-state index contributed by atoms with van der Waals surface area (Å²) in [5, 5.41) is 1.69. The molecule has 1 heterocycles. The second kappa shape index (κ2) is 7.54. The number of sulfonamides is 1. The number of alkyl halides is 3. The molecule has 0 aliphatic heterocycles. The molecule has 10 heteroatoms. The number of thiophene rings is 1. The lowest BCUT2D eigenvalue weighted by molar-refractivity contribution is -0.141. The average molecular weight is 393 g/mol. The molecule has 1 atom stereocenters. The predicted molar refractivity (Wildman–Crippen MR) is 85.5 cm³/mol. The number of methoxy groups -OCH3 is 1. The Morgan fingerprint density at radius 1 is 1.28 bits per heavy atom. The highest BCUT2D eigenvalue weighted by molar-refractivity contribution is 7.89. The molecule has 5 nitrogen and oxygen atoms in total. The minimum absolute atomic E-state index is 0.283. The predicted octanol–water partition coefficient (Wildman–Crippen LogP) is 3.35. The van der Waals surface area contributed by atoms with Gasteiger partial charge >= 0.3 is 12.1 Å². The summed E-state index contributed by atoms with van der Waals surface area (Å²) in [5.41, 5.74) is -1.07. The normalized spacial score (nSPS) is 13.4. The van der Waals surface area contributed by atoms with E-state index in [9.17, 15) is 26.4 Å². The number of esters is 1. The van der Waals surface area contributed by atoms with Crippen LogP contribution in [0, 0.1) is 0 Å². The molecule has 1 aromatic carbocycles. The van der Waals surface area contributed by atoms with Crippen LogP contribution in [0.5, 0.6) is 0 Å². The largest absolute Gasteiger partial charge is 0.469 e. The molecule has 0 aliphatic carbocycles. The first-order valence-corrected chi connectivity index (χ1v) is 9.29. The van der Waals surface area contributed by atoms with Crippen LogP contribution in [0.3, 0.4) is 0 Å². The fourth-order valence-electron chi connectivity index (χ4n) is 2.03. The fraction of sp³-hybridized carbons (Fsp3) is 0.267. The van der Waals surface area contributed by atoms with Crippen LogP contribution in [-0.2, 0) is 25.7 Å². The monoisotopic (exact) mass is 393 g/mol. The summed E-state index contributed by atoms with van der Waals surface area (Å²) in [6, 6.07) is 5.75. The molecule has 0 bridgehead atoms. The maximum atomic E-state index is 12.8. The Morgan fingerprint density at radius 3 is 2.56 bits per heavy atom. The third kappa shape index (κ3) is 5.03. The highest BCUT2D eigenvalue weighted by Crippen LogP contribution is 2.31. The van der Waals surface area contributed by atoms with Gasteiger partial charge in [-0.1, -0.05) is 12.1 Å². The van der Waals surface area contributed by atoms with Gasteiger partial charge in [-0.3, -0.25) is 4.79 Å². The molecule has 25 heavy (non-hydrogen) atoms. The topological polar surface area (TPSA) is 72.5 Å². The van der Waals surface area contributed by atoms with E-state index >= 15 is 0 Å². The highest BCUT2D eigenvalue weighted by Gasteiger charge is 2.32. The van der Waals surface area contributed by atoms with Gasteiger partial charge in [-0.15, -0.1) is 11.3 Å². The number of carbonyl (C=O) groups excluding carboxylic acids is 1. The summed E-state index contributed by atoms with van der Waals surface area (Å²) in [6.45, 7) is 0.